The Morgan fingerprint density at radius 2 is 2.17 bits per heavy atom. The van der Waals surface area contributed by atoms with Crippen molar-refractivity contribution in [3.05, 3.63) is 35.1 Å². The van der Waals surface area contributed by atoms with Gasteiger partial charge in [-0.25, -0.2) is 9.18 Å². The summed E-state index contributed by atoms with van der Waals surface area (Å²) in [6.07, 6.45) is 1.05. The molecule has 0 bridgehead atoms. The average molecular weight is 340 g/mol. The fraction of sp³-hybridized carbons (Fsp3) is 0.308. The number of likely N-dealkylation sites (tertiary alicyclic amines) is 1. The number of carbonyl (C=O) groups is 2. The van der Waals surface area contributed by atoms with E-state index >= 15 is 0 Å². The van der Waals surface area contributed by atoms with E-state index in [1.165, 1.54) is 17.1 Å². The Balaban J connectivity index is 1.95. The normalized spacial score (nSPS) is 20.7. The van der Waals surface area contributed by atoms with Gasteiger partial charge >= 0.3 is 5.97 Å². The number of carbonyl (C=O) groups excluding carboxylic acids is 1. The SMILES string of the molecule is O=C(c1cc(Cl)ccc1-n1cnnn1)N1CCC(F)(C(=O)O)C1. The standard InChI is InChI=1S/C13H11ClFN5O3/c14-8-1-2-10(20-7-16-17-18-20)9(5-8)11(21)19-4-3-13(15,6-19)12(22)23/h1-2,5,7H,3-4,6H2,(H,22,23). The molecule has 1 aromatic carbocycles. The van der Waals surface area contributed by atoms with Crippen molar-refractivity contribution in [3.63, 3.8) is 0 Å². The van der Waals surface area contributed by atoms with E-state index in [-0.39, 0.29) is 18.5 Å². The van der Waals surface area contributed by atoms with Crippen LogP contribution in [0.4, 0.5) is 4.39 Å². The molecule has 8 nitrogen and oxygen atoms in total. The number of nitrogens with zero attached hydrogens (tertiary/aromatic N) is 5. The smallest absolute Gasteiger partial charge is 0.343 e. The number of aromatic nitrogens is 4. The molecule has 1 aliphatic heterocycles. The molecule has 2 heterocycles. The van der Waals surface area contributed by atoms with Crippen LogP contribution in [0.5, 0.6) is 0 Å². The number of alkyl halides is 1. The highest BCUT2D eigenvalue weighted by Gasteiger charge is 2.47. The van der Waals surface area contributed by atoms with Gasteiger partial charge in [-0.3, -0.25) is 4.79 Å². The maximum Gasteiger partial charge on any atom is 0.343 e. The van der Waals surface area contributed by atoms with E-state index in [2.05, 4.69) is 15.5 Å². The van der Waals surface area contributed by atoms with Gasteiger partial charge in [-0.2, -0.15) is 4.68 Å². The maximum absolute atomic E-state index is 14.2. The highest BCUT2D eigenvalue weighted by molar-refractivity contribution is 6.31. The second-order valence-corrected chi connectivity index (χ2v) is 5.60. The first-order chi connectivity index (χ1) is 10.9. The molecule has 2 aromatic rings. The number of halogens is 2. The Hall–Kier alpha value is -2.55. The van der Waals surface area contributed by atoms with Crippen LogP contribution in [0.25, 0.3) is 5.69 Å². The minimum atomic E-state index is -2.43. The molecule has 0 aliphatic carbocycles. The molecule has 1 saturated heterocycles. The van der Waals surface area contributed by atoms with Crippen molar-refractivity contribution in [1.82, 2.24) is 25.1 Å². The fourth-order valence-electron chi connectivity index (χ4n) is 2.44. The van der Waals surface area contributed by atoms with Crippen LogP contribution in [-0.2, 0) is 4.79 Å². The van der Waals surface area contributed by atoms with Crippen LogP contribution in [-0.4, -0.2) is 60.8 Å². The van der Waals surface area contributed by atoms with Crippen molar-refractivity contribution < 1.29 is 19.1 Å². The van der Waals surface area contributed by atoms with Crippen LogP contribution in [0.3, 0.4) is 0 Å². The molecular formula is C13H11ClFN5O3. The number of amides is 1. The number of aliphatic carboxylic acids is 1. The lowest BCUT2D eigenvalue weighted by atomic mass is 10.1. The molecule has 1 fully saturated rings. The van der Waals surface area contributed by atoms with E-state index in [0.717, 1.165) is 4.90 Å². The third-order valence-corrected chi connectivity index (χ3v) is 3.91. The number of tetrazole rings is 1. The van der Waals surface area contributed by atoms with E-state index in [9.17, 15) is 14.0 Å². The molecule has 1 aromatic heterocycles. The van der Waals surface area contributed by atoms with Crippen LogP contribution in [0.2, 0.25) is 5.02 Å². The maximum atomic E-state index is 14.2. The molecule has 0 saturated carbocycles. The predicted octanol–water partition coefficient (Wildman–Crippen LogP) is 0.954. The second kappa shape index (κ2) is 5.58. The van der Waals surface area contributed by atoms with Gasteiger partial charge in [0, 0.05) is 18.0 Å². The molecule has 120 valence electrons. The summed E-state index contributed by atoms with van der Waals surface area (Å²) < 4.78 is 15.4. The molecule has 1 aliphatic rings. The Bertz CT molecular complexity index is 769. The lowest BCUT2D eigenvalue weighted by Gasteiger charge is -2.19. The minimum Gasteiger partial charge on any atom is -0.479 e. The van der Waals surface area contributed by atoms with Crippen LogP contribution in [0.1, 0.15) is 16.8 Å². The molecule has 10 heteroatoms. The molecule has 1 amide bonds. The Morgan fingerprint density at radius 3 is 2.78 bits per heavy atom. The van der Waals surface area contributed by atoms with Gasteiger partial charge in [0.05, 0.1) is 17.8 Å². The van der Waals surface area contributed by atoms with E-state index in [4.69, 9.17) is 16.7 Å². The molecule has 0 spiro atoms. The fourth-order valence-corrected chi connectivity index (χ4v) is 2.61. The topological polar surface area (TPSA) is 101 Å². The first kappa shape index (κ1) is 15.3. The van der Waals surface area contributed by atoms with Gasteiger partial charge in [-0.15, -0.1) is 5.10 Å². The van der Waals surface area contributed by atoms with Crippen molar-refractivity contribution in [2.75, 3.05) is 13.1 Å². The molecule has 23 heavy (non-hydrogen) atoms. The summed E-state index contributed by atoms with van der Waals surface area (Å²) in [5.41, 5.74) is -1.89. The van der Waals surface area contributed by atoms with Gasteiger partial charge in [0.2, 0.25) is 5.67 Å². The van der Waals surface area contributed by atoms with Crippen LogP contribution >= 0.6 is 11.6 Å². The third-order valence-electron chi connectivity index (χ3n) is 3.67. The molecule has 3 rings (SSSR count). The Kier molecular flexibility index (Phi) is 3.72. The zero-order chi connectivity index (χ0) is 16.6. The van der Waals surface area contributed by atoms with E-state index < -0.39 is 24.1 Å². The molecule has 1 N–H and O–H groups in total. The molecule has 1 unspecified atom stereocenters. The molecule has 0 radical (unpaired) electrons. The summed E-state index contributed by atoms with van der Waals surface area (Å²) >= 11 is 5.94. The lowest BCUT2D eigenvalue weighted by Crippen LogP contribution is -2.39. The number of hydrogen-bond acceptors (Lipinski definition) is 5. The first-order valence-corrected chi connectivity index (χ1v) is 7.03. The average Bonchev–Trinajstić information content (AvgIpc) is 3.17. The van der Waals surface area contributed by atoms with Gasteiger partial charge in [0.25, 0.3) is 5.91 Å². The number of carboxylic acid groups (broad SMARTS) is 1. The van der Waals surface area contributed by atoms with Gasteiger partial charge in [-0.1, -0.05) is 11.6 Å². The summed E-state index contributed by atoms with van der Waals surface area (Å²) in [5, 5.41) is 20.0. The summed E-state index contributed by atoms with van der Waals surface area (Å²) in [6.45, 7) is -0.508. The van der Waals surface area contributed by atoms with E-state index in [1.54, 1.807) is 12.1 Å². The monoisotopic (exact) mass is 339 g/mol. The zero-order valence-electron chi connectivity index (χ0n) is 11.7. The third kappa shape index (κ3) is 2.74. The van der Waals surface area contributed by atoms with Crippen molar-refractivity contribution >= 4 is 23.5 Å². The number of hydrogen-bond donors (Lipinski definition) is 1. The number of rotatable bonds is 3. The highest BCUT2D eigenvalue weighted by Crippen LogP contribution is 2.29. The van der Waals surface area contributed by atoms with Crippen molar-refractivity contribution in [1.29, 1.82) is 0 Å². The summed E-state index contributed by atoms with van der Waals surface area (Å²) in [4.78, 5) is 24.8. The summed E-state index contributed by atoms with van der Waals surface area (Å²) in [7, 11) is 0. The molecule has 1 atom stereocenters. The predicted molar refractivity (Wildman–Crippen MR) is 76.2 cm³/mol. The number of benzene rings is 1. The second-order valence-electron chi connectivity index (χ2n) is 5.16. The van der Waals surface area contributed by atoms with Crippen LogP contribution in [0.15, 0.2) is 24.5 Å². The first-order valence-electron chi connectivity index (χ1n) is 6.65. The lowest BCUT2D eigenvalue weighted by molar-refractivity contribution is -0.149. The van der Waals surface area contributed by atoms with Crippen molar-refractivity contribution in [2.45, 2.75) is 12.1 Å². The van der Waals surface area contributed by atoms with Crippen molar-refractivity contribution in [2.24, 2.45) is 0 Å². The Morgan fingerprint density at radius 1 is 1.39 bits per heavy atom. The Labute approximate surface area is 134 Å². The summed E-state index contributed by atoms with van der Waals surface area (Å²) in [5.74, 6) is -2.10. The zero-order valence-corrected chi connectivity index (χ0v) is 12.4. The van der Waals surface area contributed by atoms with Gasteiger partial charge < -0.3 is 10.0 Å². The largest absolute Gasteiger partial charge is 0.479 e. The molecular weight excluding hydrogens is 329 g/mol. The highest BCUT2D eigenvalue weighted by atomic mass is 35.5. The summed E-state index contributed by atoms with van der Waals surface area (Å²) in [6, 6.07) is 4.54. The van der Waals surface area contributed by atoms with Gasteiger partial charge in [0.1, 0.15) is 6.33 Å². The van der Waals surface area contributed by atoms with Gasteiger partial charge in [0.15, 0.2) is 0 Å². The number of carboxylic acids is 1. The van der Waals surface area contributed by atoms with Gasteiger partial charge in [-0.05, 0) is 28.6 Å². The van der Waals surface area contributed by atoms with Crippen LogP contribution < -0.4 is 0 Å². The van der Waals surface area contributed by atoms with Crippen LogP contribution in [0, 0.1) is 0 Å². The van der Waals surface area contributed by atoms with E-state index in [0.29, 0.717) is 10.7 Å². The minimum absolute atomic E-state index is 0.00317. The van der Waals surface area contributed by atoms with Crippen molar-refractivity contribution in [3.8, 4) is 5.69 Å². The quantitative estimate of drug-likeness (QED) is 0.893. The van der Waals surface area contributed by atoms with E-state index in [1.807, 2.05) is 0 Å².